The van der Waals surface area contributed by atoms with Crippen molar-refractivity contribution in [2.24, 2.45) is 10.9 Å². The van der Waals surface area contributed by atoms with Gasteiger partial charge in [-0.25, -0.2) is 4.99 Å². The fraction of sp³-hybridized carbons (Fsp3) is 0.636. The van der Waals surface area contributed by atoms with Gasteiger partial charge in [0.2, 0.25) is 5.91 Å². The van der Waals surface area contributed by atoms with Crippen LogP contribution < -0.4 is 5.32 Å². The Bertz CT molecular complexity index is 679. The van der Waals surface area contributed by atoms with E-state index in [-0.39, 0.29) is 12.5 Å². The first-order valence-corrected chi connectivity index (χ1v) is 11.8. The average molecular weight is 434 g/mol. The van der Waals surface area contributed by atoms with Crippen molar-refractivity contribution in [2.45, 2.75) is 11.3 Å². The van der Waals surface area contributed by atoms with Crippen LogP contribution in [0, 0.1) is 5.92 Å². The van der Waals surface area contributed by atoms with Crippen LogP contribution in [0.1, 0.15) is 6.42 Å². The van der Waals surface area contributed by atoms with E-state index in [2.05, 4.69) is 44.4 Å². The van der Waals surface area contributed by atoms with Gasteiger partial charge in [0.25, 0.3) is 0 Å². The highest BCUT2D eigenvalue weighted by Gasteiger charge is 2.27. The van der Waals surface area contributed by atoms with Crippen LogP contribution in [0.3, 0.4) is 0 Å². The maximum atomic E-state index is 12.1. The summed E-state index contributed by atoms with van der Waals surface area (Å²) >= 11 is 1.83. The zero-order valence-corrected chi connectivity index (χ0v) is 19.1. The fourth-order valence-corrected chi connectivity index (χ4v) is 4.51. The van der Waals surface area contributed by atoms with Gasteiger partial charge in [-0.05, 0) is 24.5 Å². The van der Waals surface area contributed by atoms with Gasteiger partial charge >= 0.3 is 0 Å². The van der Waals surface area contributed by atoms with Crippen LogP contribution in [-0.2, 0) is 9.53 Å². The van der Waals surface area contributed by atoms with E-state index in [9.17, 15) is 4.79 Å². The molecule has 2 saturated heterocycles. The number of guanidine groups is 1. The van der Waals surface area contributed by atoms with E-state index < -0.39 is 0 Å². The number of aliphatic imine (C=N–C) groups is 1. The van der Waals surface area contributed by atoms with E-state index in [4.69, 9.17) is 4.74 Å². The van der Waals surface area contributed by atoms with Gasteiger partial charge in [-0.3, -0.25) is 9.69 Å². The van der Waals surface area contributed by atoms with Crippen molar-refractivity contribution in [3.05, 3.63) is 30.3 Å². The Morgan fingerprint density at radius 3 is 2.73 bits per heavy atom. The first-order chi connectivity index (χ1) is 14.6. The van der Waals surface area contributed by atoms with Gasteiger partial charge in [-0.1, -0.05) is 18.2 Å². The van der Waals surface area contributed by atoms with E-state index in [1.165, 1.54) is 11.3 Å². The zero-order chi connectivity index (χ0) is 21.2. The van der Waals surface area contributed by atoms with Crippen LogP contribution >= 0.6 is 11.8 Å². The van der Waals surface area contributed by atoms with E-state index >= 15 is 0 Å². The highest BCUT2D eigenvalue weighted by atomic mass is 32.2. The molecule has 1 unspecified atom stereocenters. The summed E-state index contributed by atoms with van der Waals surface area (Å²) in [6.07, 6.45) is 1.17. The van der Waals surface area contributed by atoms with Crippen LogP contribution in [-0.4, -0.2) is 105 Å². The van der Waals surface area contributed by atoms with Crippen LogP contribution in [0.4, 0.5) is 0 Å². The summed E-state index contributed by atoms with van der Waals surface area (Å²) in [5.41, 5.74) is 0. The molecule has 2 aliphatic rings. The smallest absolute Gasteiger partial charge is 0.243 e. The number of amides is 1. The second-order valence-electron chi connectivity index (χ2n) is 8.03. The Morgan fingerprint density at radius 2 is 2.00 bits per heavy atom. The molecule has 30 heavy (non-hydrogen) atoms. The molecule has 1 N–H and O–H groups in total. The molecule has 2 heterocycles. The lowest BCUT2D eigenvalue weighted by molar-refractivity contribution is -0.127. The Hall–Kier alpha value is -1.77. The largest absolute Gasteiger partial charge is 0.379 e. The Labute approximate surface area is 184 Å². The number of thioether (sulfide) groups is 1. The van der Waals surface area contributed by atoms with E-state index in [1.54, 1.807) is 19.0 Å². The third kappa shape index (κ3) is 7.49. The molecule has 166 valence electrons. The monoisotopic (exact) mass is 433 g/mol. The third-order valence-electron chi connectivity index (χ3n) is 5.47. The standard InChI is InChI=1S/C22H35N5O2S/c1-25(2)21(28)16-24-22(23-9-15-30-20-6-4-3-5-7-20)27-10-8-19(18-27)17-26-11-13-29-14-12-26/h3-7,19H,8-18H2,1-2H3,(H,23,24). The molecule has 1 aromatic rings. The highest BCUT2D eigenvalue weighted by molar-refractivity contribution is 7.99. The normalized spacial score (nSPS) is 20.4. The van der Waals surface area contributed by atoms with Crippen molar-refractivity contribution < 1.29 is 9.53 Å². The molecule has 0 bridgehead atoms. The second-order valence-corrected chi connectivity index (χ2v) is 9.20. The molecular weight excluding hydrogens is 398 g/mol. The number of hydrogen-bond donors (Lipinski definition) is 1. The topological polar surface area (TPSA) is 60.4 Å². The Kier molecular flexibility index (Phi) is 9.29. The summed E-state index contributed by atoms with van der Waals surface area (Å²) in [5, 5.41) is 3.50. The van der Waals surface area contributed by atoms with Crippen molar-refractivity contribution in [1.29, 1.82) is 0 Å². The number of carbonyl (C=O) groups is 1. The van der Waals surface area contributed by atoms with E-state index in [1.807, 2.05) is 17.8 Å². The van der Waals surface area contributed by atoms with Crippen molar-refractivity contribution >= 4 is 23.6 Å². The Morgan fingerprint density at radius 1 is 1.23 bits per heavy atom. The summed E-state index contributed by atoms with van der Waals surface area (Å²) in [5.74, 6) is 2.48. The SMILES string of the molecule is CN(C)C(=O)CN=C(NCCSc1ccccc1)N1CCC(CN2CCOCC2)C1. The molecule has 3 rings (SSSR count). The predicted octanol–water partition coefficient (Wildman–Crippen LogP) is 1.47. The van der Waals surface area contributed by atoms with Crippen LogP contribution in [0.25, 0.3) is 0 Å². The number of ether oxygens (including phenoxy) is 1. The van der Waals surface area contributed by atoms with Gasteiger partial charge in [0, 0.05) is 64.0 Å². The maximum Gasteiger partial charge on any atom is 0.243 e. The minimum absolute atomic E-state index is 0.0250. The average Bonchev–Trinajstić information content (AvgIpc) is 3.22. The maximum absolute atomic E-state index is 12.1. The Balaban J connectivity index is 1.51. The summed E-state index contributed by atoms with van der Waals surface area (Å²) in [7, 11) is 3.55. The molecule has 1 atom stereocenters. The van der Waals surface area contributed by atoms with Gasteiger partial charge in [-0.2, -0.15) is 0 Å². The van der Waals surface area contributed by atoms with Gasteiger partial charge < -0.3 is 19.9 Å². The molecule has 7 nitrogen and oxygen atoms in total. The lowest BCUT2D eigenvalue weighted by atomic mass is 10.1. The van der Waals surface area contributed by atoms with Gasteiger partial charge in [0.1, 0.15) is 6.54 Å². The zero-order valence-electron chi connectivity index (χ0n) is 18.3. The highest BCUT2D eigenvalue weighted by Crippen LogP contribution is 2.19. The lowest BCUT2D eigenvalue weighted by Crippen LogP contribution is -2.43. The van der Waals surface area contributed by atoms with Crippen LogP contribution in [0.5, 0.6) is 0 Å². The first-order valence-electron chi connectivity index (χ1n) is 10.8. The molecule has 2 fully saturated rings. The van der Waals surface area contributed by atoms with Gasteiger partial charge in [-0.15, -0.1) is 11.8 Å². The minimum Gasteiger partial charge on any atom is -0.379 e. The van der Waals surface area contributed by atoms with Crippen molar-refractivity contribution in [2.75, 3.05) is 78.9 Å². The molecule has 1 amide bonds. The van der Waals surface area contributed by atoms with Gasteiger partial charge in [0.05, 0.1) is 13.2 Å². The molecule has 2 aliphatic heterocycles. The number of morpholine rings is 1. The fourth-order valence-electron chi connectivity index (χ4n) is 3.72. The van der Waals surface area contributed by atoms with Crippen LogP contribution in [0.15, 0.2) is 40.2 Å². The summed E-state index contributed by atoms with van der Waals surface area (Å²) in [6, 6.07) is 10.4. The summed E-state index contributed by atoms with van der Waals surface area (Å²) in [6.45, 7) is 7.85. The lowest BCUT2D eigenvalue weighted by Gasteiger charge is -2.29. The summed E-state index contributed by atoms with van der Waals surface area (Å²) in [4.78, 5) is 24.4. The molecule has 0 spiro atoms. The molecule has 0 aliphatic carbocycles. The molecule has 0 radical (unpaired) electrons. The quantitative estimate of drug-likeness (QED) is 0.290. The molecule has 0 aromatic heterocycles. The van der Waals surface area contributed by atoms with Gasteiger partial charge in [0.15, 0.2) is 5.96 Å². The number of nitrogens with zero attached hydrogens (tertiary/aromatic N) is 4. The molecule has 0 saturated carbocycles. The van der Waals surface area contributed by atoms with Crippen molar-refractivity contribution in [3.63, 3.8) is 0 Å². The van der Waals surface area contributed by atoms with E-state index in [0.717, 1.165) is 64.2 Å². The van der Waals surface area contributed by atoms with Crippen molar-refractivity contribution in [3.8, 4) is 0 Å². The first kappa shape index (κ1) is 22.9. The molecule has 1 aromatic carbocycles. The predicted molar refractivity (Wildman–Crippen MR) is 123 cm³/mol. The number of carbonyl (C=O) groups excluding carboxylic acids is 1. The number of likely N-dealkylation sites (tertiary alicyclic amines) is 1. The second kappa shape index (κ2) is 12.2. The third-order valence-corrected chi connectivity index (χ3v) is 6.48. The number of nitrogens with one attached hydrogen (secondary N) is 1. The molecule has 8 heteroatoms. The number of likely N-dealkylation sites (N-methyl/N-ethyl adjacent to an activating group) is 1. The van der Waals surface area contributed by atoms with Crippen molar-refractivity contribution in [1.82, 2.24) is 20.0 Å². The summed E-state index contributed by atoms with van der Waals surface area (Å²) < 4.78 is 5.46. The minimum atomic E-state index is 0.0250. The number of hydrogen-bond acceptors (Lipinski definition) is 5. The molecular formula is C22H35N5O2S. The van der Waals surface area contributed by atoms with E-state index in [0.29, 0.717) is 5.92 Å². The number of benzene rings is 1. The number of rotatable bonds is 8. The van der Waals surface area contributed by atoms with Crippen LogP contribution in [0.2, 0.25) is 0 Å².